The molecule has 1 fully saturated rings. The molecule has 2 aromatic rings. The molecule has 1 amide bonds. The van der Waals surface area contributed by atoms with Crippen molar-refractivity contribution < 1.29 is 27.5 Å². The minimum absolute atomic E-state index is 0.0409. The van der Waals surface area contributed by atoms with E-state index in [1.165, 1.54) is 29.1 Å². The lowest BCUT2D eigenvalue weighted by atomic mass is 9.97. The predicted octanol–water partition coefficient (Wildman–Crippen LogP) is 2.76. The van der Waals surface area contributed by atoms with Crippen LogP contribution in [0.1, 0.15) is 41.4 Å². The summed E-state index contributed by atoms with van der Waals surface area (Å²) in [7, 11) is 0. The number of benzene rings is 1. The maximum absolute atomic E-state index is 13.1. The molecule has 0 spiro atoms. The zero-order valence-electron chi connectivity index (χ0n) is 15.9. The van der Waals surface area contributed by atoms with Gasteiger partial charge < -0.3 is 9.64 Å². The highest BCUT2D eigenvalue weighted by molar-refractivity contribution is 5.92. The number of esters is 1. The molecule has 0 bridgehead atoms. The standard InChI is InChI=1S/C19H21F3N4O3/c1-2-29-18(28)13-7-9-25(10-8-13)17(27)16-12-26(24-23-16)11-14-5-3-4-6-15(14)19(20,21)22/h3-6,12-13H,2,7-11H2,1H3. The molecule has 1 aliphatic rings. The molecule has 1 aromatic heterocycles. The van der Waals surface area contributed by atoms with E-state index in [2.05, 4.69) is 10.3 Å². The normalized spacial score (nSPS) is 15.4. The molecule has 0 saturated carbocycles. The second-order valence-corrected chi connectivity index (χ2v) is 6.77. The molecule has 1 aromatic carbocycles. The Morgan fingerprint density at radius 3 is 2.55 bits per heavy atom. The third kappa shape index (κ3) is 4.93. The van der Waals surface area contributed by atoms with E-state index in [0.717, 1.165) is 6.07 Å². The number of carbonyl (C=O) groups excluding carboxylic acids is 2. The van der Waals surface area contributed by atoms with Gasteiger partial charge in [0, 0.05) is 13.1 Å². The fourth-order valence-electron chi connectivity index (χ4n) is 3.32. The molecule has 7 nitrogen and oxygen atoms in total. The lowest BCUT2D eigenvalue weighted by Crippen LogP contribution is -2.40. The van der Waals surface area contributed by atoms with Crippen molar-refractivity contribution in [3.8, 4) is 0 Å². The van der Waals surface area contributed by atoms with E-state index in [1.807, 2.05) is 0 Å². The summed E-state index contributed by atoms with van der Waals surface area (Å²) in [6, 6.07) is 5.21. The van der Waals surface area contributed by atoms with Crippen molar-refractivity contribution in [2.45, 2.75) is 32.5 Å². The summed E-state index contributed by atoms with van der Waals surface area (Å²) in [5.74, 6) is -0.843. The van der Waals surface area contributed by atoms with Crippen LogP contribution >= 0.6 is 0 Å². The first-order valence-corrected chi connectivity index (χ1v) is 9.30. The van der Waals surface area contributed by atoms with Gasteiger partial charge >= 0.3 is 12.1 Å². The van der Waals surface area contributed by atoms with Crippen LogP contribution in [0.3, 0.4) is 0 Å². The Hall–Kier alpha value is -2.91. The van der Waals surface area contributed by atoms with E-state index in [9.17, 15) is 22.8 Å². The Balaban J connectivity index is 1.64. The molecule has 1 saturated heterocycles. The third-order valence-electron chi connectivity index (χ3n) is 4.81. The summed E-state index contributed by atoms with van der Waals surface area (Å²) in [6.07, 6.45) is -2.14. The highest BCUT2D eigenvalue weighted by Gasteiger charge is 2.33. The van der Waals surface area contributed by atoms with Crippen LogP contribution in [0.4, 0.5) is 13.2 Å². The smallest absolute Gasteiger partial charge is 0.416 e. The van der Waals surface area contributed by atoms with Gasteiger partial charge in [0.25, 0.3) is 5.91 Å². The zero-order chi connectivity index (χ0) is 21.0. The lowest BCUT2D eigenvalue weighted by molar-refractivity contribution is -0.149. The van der Waals surface area contributed by atoms with Crippen molar-refractivity contribution >= 4 is 11.9 Å². The average Bonchev–Trinajstić information content (AvgIpc) is 3.16. The van der Waals surface area contributed by atoms with Crippen LogP contribution in [0.2, 0.25) is 0 Å². The molecule has 0 N–H and O–H groups in total. The van der Waals surface area contributed by atoms with Gasteiger partial charge in [0.15, 0.2) is 5.69 Å². The molecule has 10 heteroatoms. The Morgan fingerprint density at radius 2 is 1.90 bits per heavy atom. The number of rotatable bonds is 5. The van der Waals surface area contributed by atoms with Gasteiger partial charge in [-0.05, 0) is 31.4 Å². The number of amides is 1. The van der Waals surface area contributed by atoms with Crippen molar-refractivity contribution in [1.29, 1.82) is 0 Å². The van der Waals surface area contributed by atoms with Gasteiger partial charge in [0.2, 0.25) is 0 Å². The molecule has 0 aliphatic carbocycles. The molecular weight excluding hydrogens is 389 g/mol. The van der Waals surface area contributed by atoms with Gasteiger partial charge in [-0.1, -0.05) is 23.4 Å². The monoisotopic (exact) mass is 410 g/mol. The number of hydrogen-bond donors (Lipinski definition) is 0. The van der Waals surface area contributed by atoms with Crippen LogP contribution in [0.25, 0.3) is 0 Å². The first-order valence-electron chi connectivity index (χ1n) is 9.30. The maximum atomic E-state index is 13.1. The zero-order valence-corrected chi connectivity index (χ0v) is 15.9. The number of carbonyl (C=O) groups is 2. The van der Waals surface area contributed by atoms with E-state index < -0.39 is 11.7 Å². The quantitative estimate of drug-likeness (QED) is 0.709. The van der Waals surface area contributed by atoms with E-state index in [0.29, 0.717) is 32.5 Å². The van der Waals surface area contributed by atoms with Gasteiger partial charge in [-0.15, -0.1) is 5.10 Å². The first-order chi connectivity index (χ1) is 13.8. The molecule has 0 radical (unpaired) electrons. The SMILES string of the molecule is CCOC(=O)C1CCN(C(=O)c2cn(Cc3ccccc3C(F)(F)F)nn2)CC1. The molecule has 2 heterocycles. The molecule has 0 atom stereocenters. The summed E-state index contributed by atoms with van der Waals surface area (Å²) in [5, 5.41) is 7.61. The molecule has 0 unspecified atom stereocenters. The van der Waals surface area contributed by atoms with E-state index >= 15 is 0 Å². The van der Waals surface area contributed by atoms with Gasteiger partial charge in [-0.3, -0.25) is 9.59 Å². The summed E-state index contributed by atoms with van der Waals surface area (Å²) >= 11 is 0. The second kappa shape index (κ2) is 8.62. The van der Waals surface area contributed by atoms with Crippen LogP contribution < -0.4 is 0 Å². The van der Waals surface area contributed by atoms with E-state index in [4.69, 9.17) is 4.74 Å². The fraction of sp³-hybridized carbons (Fsp3) is 0.474. The number of halogens is 3. The Labute approximate surface area is 165 Å². The number of piperidine rings is 1. The number of likely N-dealkylation sites (tertiary alicyclic amines) is 1. The summed E-state index contributed by atoms with van der Waals surface area (Å²) in [6.45, 7) is 2.67. The van der Waals surface area contributed by atoms with Crippen LogP contribution in [0, 0.1) is 5.92 Å². The first kappa shape index (κ1) is 20.8. The highest BCUT2D eigenvalue weighted by Crippen LogP contribution is 2.32. The minimum Gasteiger partial charge on any atom is -0.466 e. The van der Waals surface area contributed by atoms with E-state index in [-0.39, 0.29) is 35.6 Å². The number of alkyl halides is 3. The van der Waals surface area contributed by atoms with Crippen molar-refractivity contribution in [2.75, 3.05) is 19.7 Å². The summed E-state index contributed by atoms with van der Waals surface area (Å²) < 4.78 is 45.6. The Kier molecular flexibility index (Phi) is 6.19. The minimum atomic E-state index is -4.47. The second-order valence-electron chi connectivity index (χ2n) is 6.77. The summed E-state index contributed by atoms with van der Waals surface area (Å²) in [4.78, 5) is 26.0. The summed E-state index contributed by atoms with van der Waals surface area (Å²) in [5.41, 5.74) is -0.646. The van der Waals surface area contributed by atoms with Crippen LogP contribution in [-0.4, -0.2) is 51.5 Å². The molecule has 156 valence electrons. The van der Waals surface area contributed by atoms with Crippen molar-refractivity contribution in [3.63, 3.8) is 0 Å². The van der Waals surface area contributed by atoms with Gasteiger partial charge in [0.05, 0.1) is 30.8 Å². The van der Waals surface area contributed by atoms with Gasteiger partial charge in [0.1, 0.15) is 0 Å². The Bertz CT molecular complexity index is 874. The Morgan fingerprint density at radius 1 is 1.21 bits per heavy atom. The fourth-order valence-corrected chi connectivity index (χ4v) is 3.32. The van der Waals surface area contributed by atoms with Crippen molar-refractivity contribution in [3.05, 3.63) is 47.3 Å². The predicted molar refractivity (Wildman–Crippen MR) is 95.8 cm³/mol. The topological polar surface area (TPSA) is 77.3 Å². The number of ether oxygens (including phenoxy) is 1. The highest BCUT2D eigenvalue weighted by atomic mass is 19.4. The van der Waals surface area contributed by atoms with Crippen LogP contribution in [-0.2, 0) is 22.3 Å². The van der Waals surface area contributed by atoms with Crippen LogP contribution in [0.5, 0.6) is 0 Å². The average molecular weight is 410 g/mol. The number of nitrogens with zero attached hydrogens (tertiary/aromatic N) is 4. The lowest BCUT2D eigenvalue weighted by Gasteiger charge is -2.30. The molecule has 29 heavy (non-hydrogen) atoms. The van der Waals surface area contributed by atoms with Crippen LogP contribution in [0.15, 0.2) is 30.5 Å². The number of hydrogen-bond acceptors (Lipinski definition) is 5. The third-order valence-corrected chi connectivity index (χ3v) is 4.81. The molecule has 3 rings (SSSR count). The van der Waals surface area contributed by atoms with Gasteiger partial charge in [-0.2, -0.15) is 13.2 Å². The molecular formula is C19H21F3N4O3. The number of aromatic nitrogens is 3. The van der Waals surface area contributed by atoms with Crippen molar-refractivity contribution in [1.82, 2.24) is 19.9 Å². The van der Waals surface area contributed by atoms with E-state index in [1.54, 1.807) is 11.8 Å². The molecule has 1 aliphatic heterocycles. The largest absolute Gasteiger partial charge is 0.466 e. The van der Waals surface area contributed by atoms with Crippen molar-refractivity contribution in [2.24, 2.45) is 5.92 Å². The van der Waals surface area contributed by atoms with Gasteiger partial charge in [-0.25, -0.2) is 4.68 Å². The maximum Gasteiger partial charge on any atom is 0.416 e.